The van der Waals surface area contributed by atoms with Crippen LogP contribution >= 0.6 is 0 Å². The standard InChI is InChI=1S/C20H24N2O3/c1-4-15-7-11-18(12-8-15)25-14(2)20(24)22-17-9-5-16(6-10-17)13-19(23)21-3/h5-12,14H,4,13H2,1-3H3,(H,21,23)(H,22,24). The molecule has 5 heteroatoms. The molecule has 1 atom stereocenters. The molecule has 2 aromatic rings. The Morgan fingerprint density at radius 3 is 2.16 bits per heavy atom. The van der Waals surface area contributed by atoms with E-state index < -0.39 is 6.10 Å². The van der Waals surface area contributed by atoms with E-state index in [0.717, 1.165) is 12.0 Å². The molecule has 0 heterocycles. The number of hydrogen-bond donors (Lipinski definition) is 2. The third kappa shape index (κ3) is 5.64. The van der Waals surface area contributed by atoms with E-state index in [9.17, 15) is 9.59 Å². The summed E-state index contributed by atoms with van der Waals surface area (Å²) in [5.74, 6) is 0.396. The molecule has 0 aromatic heterocycles. The summed E-state index contributed by atoms with van der Waals surface area (Å²) in [6.07, 6.45) is 0.669. The van der Waals surface area contributed by atoms with Gasteiger partial charge < -0.3 is 15.4 Å². The van der Waals surface area contributed by atoms with Crippen LogP contribution in [0.5, 0.6) is 5.75 Å². The van der Waals surface area contributed by atoms with Crippen molar-refractivity contribution in [3.05, 3.63) is 59.7 Å². The van der Waals surface area contributed by atoms with Gasteiger partial charge in [-0.05, 0) is 48.7 Å². The summed E-state index contributed by atoms with van der Waals surface area (Å²) >= 11 is 0. The van der Waals surface area contributed by atoms with Gasteiger partial charge in [0.05, 0.1) is 6.42 Å². The van der Waals surface area contributed by atoms with Crippen LogP contribution < -0.4 is 15.4 Å². The monoisotopic (exact) mass is 340 g/mol. The summed E-state index contributed by atoms with van der Waals surface area (Å²) < 4.78 is 5.67. The lowest BCUT2D eigenvalue weighted by Gasteiger charge is -2.15. The van der Waals surface area contributed by atoms with Crippen molar-refractivity contribution in [1.82, 2.24) is 5.32 Å². The van der Waals surface area contributed by atoms with Gasteiger partial charge >= 0.3 is 0 Å². The minimum Gasteiger partial charge on any atom is -0.481 e. The third-order valence-corrected chi connectivity index (χ3v) is 3.88. The molecule has 2 amide bonds. The van der Waals surface area contributed by atoms with Crippen LogP contribution in [0.2, 0.25) is 0 Å². The SMILES string of the molecule is CCc1ccc(OC(C)C(=O)Nc2ccc(CC(=O)NC)cc2)cc1. The first-order valence-corrected chi connectivity index (χ1v) is 8.37. The Hall–Kier alpha value is -2.82. The molecule has 2 N–H and O–H groups in total. The highest BCUT2D eigenvalue weighted by Gasteiger charge is 2.15. The summed E-state index contributed by atoms with van der Waals surface area (Å²) in [5, 5.41) is 5.39. The molecule has 0 aliphatic rings. The highest BCUT2D eigenvalue weighted by molar-refractivity contribution is 5.94. The Balaban J connectivity index is 1.90. The van der Waals surface area contributed by atoms with Crippen LogP contribution in [0.4, 0.5) is 5.69 Å². The Kier molecular flexibility index (Phi) is 6.57. The maximum atomic E-state index is 12.2. The Bertz CT molecular complexity index is 709. The van der Waals surface area contributed by atoms with Gasteiger partial charge in [0, 0.05) is 12.7 Å². The Morgan fingerprint density at radius 1 is 1.00 bits per heavy atom. The average Bonchev–Trinajstić information content (AvgIpc) is 2.63. The van der Waals surface area contributed by atoms with Crippen molar-refractivity contribution >= 4 is 17.5 Å². The summed E-state index contributed by atoms with van der Waals surface area (Å²) in [6.45, 7) is 3.80. The molecule has 2 aromatic carbocycles. The molecule has 0 radical (unpaired) electrons. The van der Waals surface area contributed by atoms with E-state index in [1.165, 1.54) is 5.56 Å². The van der Waals surface area contributed by atoms with Gasteiger partial charge in [0.1, 0.15) is 5.75 Å². The van der Waals surface area contributed by atoms with E-state index in [1.54, 1.807) is 26.1 Å². The second kappa shape index (κ2) is 8.87. The van der Waals surface area contributed by atoms with Crippen LogP contribution in [-0.4, -0.2) is 25.0 Å². The first kappa shape index (κ1) is 18.5. The lowest BCUT2D eigenvalue weighted by molar-refractivity contribution is -0.122. The normalized spacial score (nSPS) is 11.5. The van der Waals surface area contributed by atoms with Gasteiger partial charge in [0.25, 0.3) is 5.91 Å². The molecule has 25 heavy (non-hydrogen) atoms. The van der Waals surface area contributed by atoms with Gasteiger partial charge in [-0.15, -0.1) is 0 Å². The van der Waals surface area contributed by atoms with Gasteiger partial charge in [0.2, 0.25) is 5.91 Å². The lowest BCUT2D eigenvalue weighted by Crippen LogP contribution is -2.30. The van der Waals surface area contributed by atoms with Gasteiger partial charge in [-0.25, -0.2) is 0 Å². The third-order valence-electron chi connectivity index (χ3n) is 3.88. The number of anilines is 1. The molecule has 132 valence electrons. The number of carbonyl (C=O) groups is 2. The van der Waals surface area contributed by atoms with E-state index in [-0.39, 0.29) is 11.8 Å². The van der Waals surface area contributed by atoms with Crippen molar-refractivity contribution in [2.45, 2.75) is 32.8 Å². The number of benzene rings is 2. The van der Waals surface area contributed by atoms with Crippen LogP contribution in [-0.2, 0) is 22.4 Å². The van der Waals surface area contributed by atoms with Crippen LogP contribution in [0, 0.1) is 0 Å². The molecule has 1 unspecified atom stereocenters. The number of hydrogen-bond acceptors (Lipinski definition) is 3. The largest absolute Gasteiger partial charge is 0.481 e. The highest BCUT2D eigenvalue weighted by atomic mass is 16.5. The van der Waals surface area contributed by atoms with Crippen molar-refractivity contribution in [3.63, 3.8) is 0 Å². The zero-order valence-electron chi connectivity index (χ0n) is 14.8. The first-order chi connectivity index (χ1) is 12.0. The number of ether oxygens (including phenoxy) is 1. The zero-order valence-corrected chi connectivity index (χ0v) is 14.8. The highest BCUT2D eigenvalue weighted by Crippen LogP contribution is 2.16. The molecule has 0 saturated heterocycles. The summed E-state index contributed by atoms with van der Waals surface area (Å²) in [4.78, 5) is 23.6. The van der Waals surface area contributed by atoms with Gasteiger partial charge in [-0.1, -0.05) is 31.2 Å². The quantitative estimate of drug-likeness (QED) is 0.814. The number of carbonyl (C=O) groups excluding carboxylic acids is 2. The van der Waals surface area contributed by atoms with E-state index in [2.05, 4.69) is 17.6 Å². The van der Waals surface area contributed by atoms with Crippen LogP contribution in [0.1, 0.15) is 25.0 Å². The minimum absolute atomic E-state index is 0.0482. The fourth-order valence-corrected chi connectivity index (χ4v) is 2.28. The Morgan fingerprint density at radius 2 is 1.60 bits per heavy atom. The number of likely N-dealkylation sites (N-methyl/N-ethyl adjacent to an activating group) is 1. The van der Waals surface area contributed by atoms with Gasteiger partial charge in [-0.2, -0.15) is 0 Å². The molecule has 0 aliphatic heterocycles. The predicted molar refractivity (Wildman–Crippen MR) is 98.8 cm³/mol. The first-order valence-electron chi connectivity index (χ1n) is 8.37. The minimum atomic E-state index is -0.613. The topological polar surface area (TPSA) is 67.4 Å². The smallest absolute Gasteiger partial charge is 0.265 e. The maximum Gasteiger partial charge on any atom is 0.265 e. The molecule has 0 spiro atoms. The maximum absolute atomic E-state index is 12.2. The fourth-order valence-electron chi connectivity index (χ4n) is 2.28. The average molecular weight is 340 g/mol. The van der Waals surface area contributed by atoms with E-state index in [0.29, 0.717) is 17.9 Å². The fraction of sp³-hybridized carbons (Fsp3) is 0.300. The Labute approximate surface area is 148 Å². The molecule has 0 fully saturated rings. The summed E-state index contributed by atoms with van der Waals surface area (Å²) in [5.41, 5.74) is 2.78. The van der Waals surface area contributed by atoms with Crippen molar-refractivity contribution in [2.24, 2.45) is 0 Å². The second-order valence-electron chi connectivity index (χ2n) is 5.79. The number of aryl methyl sites for hydroxylation is 1. The second-order valence-corrected chi connectivity index (χ2v) is 5.79. The predicted octanol–water partition coefficient (Wildman–Crippen LogP) is 2.94. The molecular weight excluding hydrogens is 316 g/mol. The molecule has 5 nitrogen and oxygen atoms in total. The van der Waals surface area contributed by atoms with Crippen LogP contribution in [0.25, 0.3) is 0 Å². The molecule has 0 aliphatic carbocycles. The molecule has 0 bridgehead atoms. The van der Waals surface area contributed by atoms with Gasteiger partial charge in [0.15, 0.2) is 6.10 Å². The number of nitrogens with one attached hydrogen (secondary N) is 2. The lowest BCUT2D eigenvalue weighted by atomic mass is 10.1. The molecular formula is C20H24N2O3. The van der Waals surface area contributed by atoms with Crippen LogP contribution in [0.3, 0.4) is 0 Å². The number of amides is 2. The molecule has 2 rings (SSSR count). The van der Waals surface area contributed by atoms with Crippen molar-refractivity contribution in [2.75, 3.05) is 12.4 Å². The summed E-state index contributed by atoms with van der Waals surface area (Å²) in [7, 11) is 1.61. The zero-order chi connectivity index (χ0) is 18.2. The van der Waals surface area contributed by atoms with E-state index >= 15 is 0 Å². The number of rotatable bonds is 7. The van der Waals surface area contributed by atoms with Crippen molar-refractivity contribution in [3.8, 4) is 5.75 Å². The van der Waals surface area contributed by atoms with Crippen molar-refractivity contribution in [1.29, 1.82) is 0 Å². The van der Waals surface area contributed by atoms with E-state index in [1.807, 2.05) is 36.4 Å². The summed E-state index contributed by atoms with van der Waals surface area (Å²) in [6, 6.07) is 14.9. The molecule has 0 saturated carbocycles. The van der Waals surface area contributed by atoms with E-state index in [4.69, 9.17) is 4.74 Å². The van der Waals surface area contributed by atoms with Crippen LogP contribution in [0.15, 0.2) is 48.5 Å². The van der Waals surface area contributed by atoms with Gasteiger partial charge in [-0.3, -0.25) is 9.59 Å². The van der Waals surface area contributed by atoms with Crippen molar-refractivity contribution < 1.29 is 14.3 Å².